The molecular formula is C10H21N3O5S3. The van der Waals surface area contributed by atoms with Crippen LogP contribution in [0.3, 0.4) is 0 Å². The number of nitrogens with two attached hydrogens (primary N) is 1. The minimum absolute atomic E-state index is 0.0863. The molecule has 1 heterocycles. The third-order valence-corrected chi connectivity index (χ3v) is 8.08. The van der Waals surface area contributed by atoms with Gasteiger partial charge in [0.15, 0.2) is 5.84 Å². The Balaban J connectivity index is 2.76. The second kappa shape index (κ2) is 6.71. The topological polar surface area (TPSA) is 130 Å². The Morgan fingerprint density at radius 3 is 2.19 bits per heavy atom. The van der Waals surface area contributed by atoms with Crippen molar-refractivity contribution in [1.82, 2.24) is 4.31 Å². The van der Waals surface area contributed by atoms with Crippen molar-refractivity contribution in [3.8, 4) is 0 Å². The second-order valence-electron chi connectivity index (χ2n) is 5.03. The third kappa shape index (κ3) is 4.73. The molecule has 1 saturated heterocycles. The van der Waals surface area contributed by atoms with Crippen LogP contribution in [0.5, 0.6) is 0 Å². The monoisotopic (exact) mass is 359 g/mol. The van der Waals surface area contributed by atoms with Gasteiger partial charge in [0.05, 0.1) is 16.3 Å². The molecule has 0 aliphatic carbocycles. The van der Waals surface area contributed by atoms with Crippen LogP contribution in [0.4, 0.5) is 0 Å². The maximum absolute atomic E-state index is 12.1. The largest absolute Gasteiger partial charge is 0.409 e. The van der Waals surface area contributed by atoms with Gasteiger partial charge in [-0.15, -0.1) is 0 Å². The number of sulfone groups is 1. The van der Waals surface area contributed by atoms with Crippen LogP contribution in [0.25, 0.3) is 0 Å². The molecule has 1 rings (SSSR count). The van der Waals surface area contributed by atoms with Gasteiger partial charge in [0.1, 0.15) is 9.84 Å². The van der Waals surface area contributed by atoms with Gasteiger partial charge in [-0.05, 0) is 19.1 Å². The summed E-state index contributed by atoms with van der Waals surface area (Å²) in [5.74, 6) is -0.718. The zero-order valence-electron chi connectivity index (χ0n) is 12.0. The van der Waals surface area contributed by atoms with Gasteiger partial charge >= 0.3 is 0 Å². The predicted octanol–water partition coefficient (Wildman–Crippen LogP) is -0.695. The van der Waals surface area contributed by atoms with E-state index in [1.165, 1.54) is 16.1 Å². The van der Waals surface area contributed by atoms with Crippen LogP contribution in [0.15, 0.2) is 5.16 Å². The first kappa shape index (κ1) is 18.5. The fourth-order valence-corrected chi connectivity index (χ4v) is 6.06. The van der Waals surface area contributed by atoms with Gasteiger partial charge in [0.2, 0.25) is 10.0 Å². The normalized spacial score (nSPS) is 21.3. The van der Waals surface area contributed by atoms with Gasteiger partial charge in [-0.3, -0.25) is 0 Å². The van der Waals surface area contributed by atoms with E-state index in [2.05, 4.69) is 5.16 Å². The molecular weight excluding hydrogens is 338 g/mol. The second-order valence-corrected chi connectivity index (χ2v) is 10.6. The lowest BCUT2D eigenvalue weighted by Gasteiger charge is -2.39. The Kier molecular flexibility index (Phi) is 5.92. The summed E-state index contributed by atoms with van der Waals surface area (Å²) in [5, 5.41) is 11.9. The molecule has 8 nitrogen and oxygen atoms in total. The number of thioether (sulfide) groups is 1. The molecule has 0 saturated carbocycles. The fourth-order valence-electron chi connectivity index (χ4n) is 2.17. The molecule has 3 N–H and O–H groups in total. The van der Waals surface area contributed by atoms with Gasteiger partial charge in [-0.25, -0.2) is 21.1 Å². The van der Waals surface area contributed by atoms with E-state index in [9.17, 15) is 16.8 Å². The van der Waals surface area contributed by atoms with E-state index in [-0.39, 0.29) is 24.7 Å². The highest BCUT2D eigenvalue weighted by atomic mass is 32.2. The van der Waals surface area contributed by atoms with E-state index in [0.717, 1.165) is 6.26 Å². The highest BCUT2D eigenvalue weighted by Crippen LogP contribution is 2.35. The first-order valence-corrected chi connectivity index (χ1v) is 11.1. The first-order chi connectivity index (χ1) is 9.56. The number of oxime groups is 1. The summed E-state index contributed by atoms with van der Waals surface area (Å²) < 4.78 is 47.1. The maximum atomic E-state index is 12.1. The Bertz CT molecular complexity index is 591. The van der Waals surface area contributed by atoms with Crippen molar-refractivity contribution in [2.24, 2.45) is 10.9 Å². The van der Waals surface area contributed by atoms with Crippen LogP contribution in [0.1, 0.15) is 12.8 Å². The van der Waals surface area contributed by atoms with Crippen molar-refractivity contribution in [2.45, 2.75) is 17.6 Å². The Morgan fingerprint density at radius 1 is 1.29 bits per heavy atom. The summed E-state index contributed by atoms with van der Waals surface area (Å²) in [7, 11) is -6.93. The van der Waals surface area contributed by atoms with Crippen LogP contribution < -0.4 is 5.73 Å². The van der Waals surface area contributed by atoms with Gasteiger partial charge in [0, 0.05) is 19.3 Å². The van der Waals surface area contributed by atoms with Gasteiger partial charge in [-0.1, -0.05) is 5.16 Å². The van der Waals surface area contributed by atoms with Crippen LogP contribution in [-0.4, -0.2) is 74.0 Å². The molecule has 124 valence electrons. The van der Waals surface area contributed by atoms with Gasteiger partial charge in [-0.2, -0.15) is 11.8 Å². The van der Waals surface area contributed by atoms with Crippen LogP contribution >= 0.6 is 11.8 Å². The average Bonchev–Trinajstić information content (AvgIpc) is 2.43. The molecule has 1 aliphatic heterocycles. The number of piperidine rings is 1. The summed E-state index contributed by atoms with van der Waals surface area (Å²) in [6, 6.07) is 0. The number of nitrogens with zero attached hydrogens (tertiary/aromatic N) is 2. The van der Waals surface area contributed by atoms with E-state index in [1.54, 1.807) is 0 Å². The molecule has 1 fully saturated rings. The van der Waals surface area contributed by atoms with Crippen LogP contribution in [-0.2, 0) is 19.9 Å². The molecule has 0 spiro atoms. The lowest BCUT2D eigenvalue weighted by Crippen LogP contribution is -2.52. The standard InChI is InChI=1S/C10H21N3O5S3/c1-19-10(9(11)12-14)3-5-13(6-4-10)21(17,18)8-7-20(2,15)16/h14H,3-8H2,1-2H3,(H2,11,12). The van der Waals surface area contributed by atoms with Crippen molar-refractivity contribution in [2.75, 3.05) is 37.1 Å². The molecule has 0 atom stereocenters. The van der Waals surface area contributed by atoms with E-state index in [0.29, 0.717) is 12.8 Å². The molecule has 0 amide bonds. The molecule has 0 bridgehead atoms. The molecule has 0 unspecified atom stereocenters. The summed E-state index contributed by atoms with van der Waals surface area (Å²) >= 11 is 1.42. The molecule has 0 radical (unpaired) electrons. The zero-order valence-corrected chi connectivity index (χ0v) is 14.5. The van der Waals surface area contributed by atoms with Crippen molar-refractivity contribution >= 4 is 37.5 Å². The van der Waals surface area contributed by atoms with E-state index >= 15 is 0 Å². The predicted molar refractivity (Wildman–Crippen MR) is 84.0 cm³/mol. The van der Waals surface area contributed by atoms with Crippen molar-refractivity contribution in [3.63, 3.8) is 0 Å². The Morgan fingerprint density at radius 2 is 1.81 bits per heavy atom. The van der Waals surface area contributed by atoms with Crippen LogP contribution in [0, 0.1) is 0 Å². The van der Waals surface area contributed by atoms with E-state index in [4.69, 9.17) is 10.9 Å². The first-order valence-electron chi connectivity index (χ1n) is 6.25. The summed E-state index contributed by atoms with van der Waals surface area (Å²) in [6.07, 6.45) is 3.67. The van der Waals surface area contributed by atoms with Crippen molar-refractivity contribution < 1.29 is 22.0 Å². The number of rotatable bonds is 6. The zero-order chi connectivity index (χ0) is 16.3. The minimum Gasteiger partial charge on any atom is -0.409 e. The maximum Gasteiger partial charge on any atom is 0.215 e. The number of hydrogen-bond acceptors (Lipinski definition) is 7. The van der Waals surface area contributed by atoms with E-state index < -0.39 is 30.4 Å². The highest BCUT2D eigenvalue weighted by molar-refractivity contribution is 8.00. The van der Waals surface area contributed by atoms with Gasteiger partial charge in [0.25, 0.3) is 0 Å². The number of amidine groups is 1. The molecule has 0 aromatic heterocycles. The van der Waals surface area contributed by atoms with Crippen LogP contribution in [0.2, 0.25) is 0 Å². The molecule has 21 heavy (non-hydrogen) atoms. The average molecular weight is 359 g/mol. The molecule has 0 aromatic carbocycles. The lowest BCUT2D eigenvalue weighted by atomic mass is 9.96. The molecule has 11 heteroatoms. The minimum atomic E-state index is -3.61. The quantitative estimate of drug-likeness (QED) is 0.278. The Labute approximate surface area is 129 Å². The van der Waals surface area contributed by atoms with Gasteiger partial charge < -0.3 is 10.9 Å². The summed E-state index contributed by atoms with van der Waals surface area (Å²) in [6.45, 7) is 0.451. The third-order valence-electron chi connectivity index (χ3n) is 3.60. The fraction of sp³-hybridized carbons (Fsp3) is 0.900. The SMILES string of the molecule is CSC1(C(N)=NO)CCN(S(=O)(=O)CCS(C)(=O)=O)CC1. The smallest absolute Gasteiger partial charge is 0.215 e. The highest BCUT2D eigenvalue weighted by Gasteiger charge is 2.41. The van der Waals surface area contributed by atoms with E-state index in [1.807, 2.05) is 6.26 Å². The molecule has 1 aliphatic rings. The summed E-state index contributed by atoms with van der Waals surface area (Å²) in [5.41, 5.74) is 5.70. The molecule has 0 aromatic rings. The number of sulfonamides is 1. The Hall–Kier alpha value is -0.520. The summed E-state index contributed by atoms with van der Waals surface area (Å²) in [4.78, 5) is 0. The number of hydrogen-bond donors (Lipinski definition) is 2. The van der Waals surface area contributed by atoms with Crippen molar-refractivity contribution in [3.05, 3.63) is 0 Å². The van der Waals surface area contributed by atoms with Crippen molar-refractivity contribution in [1.29, 1.82) is 0 Å². The lowest BCUT2D eigenvalue weighted by molar-refractivity contribution is 0.300.